The second kappa shape index (κ2) is 5.67. The van der Waals surface area contributed by atoms with Gasteiger partial charge in [0, 0.05) is 6.54 Å². The number of hydrogen-bond donors (Lipinski definition) is 2. The minimum absolute atomic E-state index is 0.891. The van der Waals surface area contributed by atoms with Crippen LogP contribution in [-0.2, 0) is 13.0 Å². The lowest BCUT2D eigenvalue weighted by molar-refractivity contribution is 0.687. The molecule has 0 unspecified atom stereocenters. The highest BCUT2D eigenvalue weighted by molar-refractivity contribution is 5.74. The van der Waals surface area contributed by atoms with E-state index in [1.165, 1.54) is 11.1 Å². The lowest BCUT2D eigenvalue weighted by Gasteiger charge is -2.05. The summed E-state index contributed by atoms with van der Waals surface area (Å²) in [5, 5.41) is 3.47. The quantitative estimate of drug-likeness (QED) is 0.685. The SMILES string of the molecule is c1ccc(CCNCc2ccc3nc[nH]c3c2)cc1. The second-order valence-electron chi connectivity index (χ2n) is 4.67. The molecule has 1 aromatic heterocycles. The van der Waals surface area contributed by atoms with E-state index in [4.69, 9.17) is 0 Å². The Morgan fingerprint density at radius 2 is 1.89 bits per heavy atom. The van der Waals surface area contributed by atoms with Gasteiger partial charge in [0.15, 0.2) is 0 Å². The number of nitrogens with zero attached hydrogens (tertiary/aromatic N) is 1. The summed E-state index contributed by atoms with van der Waals surface area (Å²) in [6.45, 7) is 1.88. The van der Waals surface area contributed by atoms with Gasteiger partial charge in [-0.1, -0.05) is 36.4 Å². The maximum absolute atomic E-state index is 4.22. The van der Waals surface area contributed by atoms with Crippen molar-refractivity contribution in [1.82, 2.24) is 15.3 Å². The molecule has 0 radical (unpaired) electrons. The molecular formula is C16H17N3. The van der Waals surface area contributed by atoms with Gasteiger partial charge in [-0.25, -0.2) is 4.98 Å². The largest absolute Gasteiger partial charge is 0.345 e. The van der Waals surface area contributed by atoms with Crippen LogP contribution in [0.15, 0.2) is 54.9 Å². The molecule has 3 aromatic rings. The number of H-pyrrole nitrogens is 1. The van der Waals surface area contributed by atoms with E-state index in [9.17, 15) is 0 Å². The fraction of sp³-hybridized carbons (Fsp3) is 0.188. The van der Waals surface area contributed by atoms with E-state index in [0.29, 0.717) is 0 Å². The summed E-state index contributed by atoms with van der Waals surface area (Å²) >= 11 is 0. The molecule has 0 aliphatic heterocycles. The van der Waals surface area contributed by atoms with Crippen molar-refractivity contribution in [2.24, 2.45) is 0 Å². The summed E-state index contributed by atoms with van der Waals surface area (Å²) in [7, 11) is 0. The molecule has 3 nitrogen and oxygen atoms in total. The summed E-state index contributed by atoms with van der Waals surface area (Å²) in [6, 6.07) is 16.9. The Bertz CT molecular complexity index is 643. The monoisotopic (exact) mass is 251 g/mol. The van der Waals surface area contributed by atoms with Crippen molar-refractivity contribution in [3.05, 3.63) is 66.0 Å². The lowest BCUT2D eigenvalue weighted by Crippen LogP contribution is -2.16. The van der Waals surface area contributed by atoms with Gasteiger partial charge in [-0.3, -0.25) is 0 Å². The van der Waals surface area contributed by atoms with Crippen molar-refractivity contribution < 1.29 is 0 Å². The van der Waals surface area contributed by atoms with Crippen LogP contribution in [0.2, 0.25) is 0 Å². The molecule has 3 rings (SSSR count). The third kappa shape index (κ3) is 3.01. The number of benzene rings is 2. The third-order valence-electron chi connectivity index (χ3n) is 3.25. The molecule has 0 saturated carbocycles. The van der Waals surface area contributed by atoms with Crippen LogP contribution < -0.4 is 5.32 Å². The molecule has 0 atom stereocenters. The number of nitrogens with one attached hydrogen (secondary N) is 2. The van der Waals surface area contributed by atoms with Crippen LogP contribution in [0, 0.1) is 0 Å². The number of aromatic amines is 1. The average molecular weight is 251 g/mol. The van der Waals surface area contributed by atoms with Crippen LogP contribution in [0.4, 0.5) is 0 Å². The molecule has 0 bridgehead atoms. The first-order valence-corrected chi connectivity index (χ1v) is 6.58. The molecule has 19 heavy (non-hydrogen) atoms. The van der Waals surface area contributed by atoms with Crippen molar-refractivity contribution in [3.8, 4) is 0 Å². The Kier molecular flexibility index (Phi) is 3.56. The molecule has 0 fully saturated rings. The highest BCUT2D eigenvalue weighted by atomic mass is 14.9. The molecule has 2 aromatic carbocycles. The Morgan fingerprint density at radius 3 is 2.79 bits per heavy atom. The molecule has 0 saturated heterocycles. The van der Waals surface area contributed by atoms with Gasteiger partial charge in [0.1, 0.15) is 0 Å². The fourth-order valence-corrected chi connectivity index (χ4v) is 2.20. The minimum Gasteiger partial charge on any atom is -0.345 e. The molecule has 0 aliphatic rings. The summed E-state index contributed by atoms with van der Waals surface area (Å²) in [5.74, 6) is 0. The van der Waals surface area contributed by atoms with Gasteiger partial charge in [0.2, 0.25) is 0 Å². The zero-order valence-electron chi connectivity index (χ0n) is 10.8. The first kappa shape index (κ1) is 11.9. The van der Waals surface area contributed by atoms with E-state index >= 15 is 0 Å². The van der Waals surface area contributed by atoms with Gasteiger partial charge in [0.25, 0.3) is 0 Å². The van der Waals surface area contributed by atoms with E-state index in [1.54, 1.807) is 6.33 Å². The van der Waals surface area contributed by atoms with Crippen LogP contribution in [-0.4, -0.2) is 16.5 Å². The maximum Gasteiger partial charge on any atom is 0.0931 e. The summed E-state index contributed by atoms with van der Waals surface area (Å²) in [5.41, 5.74) is 4.78. The summed E-state index contributed by atoms with van der Waals surface area (Å²) < 4.78 is 0. The average Bonchev–Trinajstić information content (AvgIpc) is 2.92. The standard InChI is InChI=1S/C16H17N3/c1-2-4-13(5-3-1)8-9-17-11-14-6-7-15-16(10-14)19-12-18-15/h1-7,10,12,17H,8-9,11H2,(H,18,19). The van der Waals surface area contributed by atoms with Crippen molar-refractivity contribution in [2.45, 2.75) is 13.0 Å². The van der Waals surface area contributed by atoms with Gasteiger partial charge >= 0.3 is 0 Å². The normalized spacial score (nSPS) is 10.9. The molecule has 1 heterocycles. The first-order chi connectivity index (χ1) is 9.42. The maximum atomic E-state index is 4.22. The van der Waals surface area contributed by atoms with Gasteiger partial charge in [-0.15, -0.1) is 0 Å². The fourth-order valence-electron chi connectivity index (χ4n) is 2.20. The summed E-state index contributed by atoms with van der Waals surface area (Å²) in [4.78, 5) is 7.36. The Labute approximate surface area is 112 Å². The Hall–Kier alpha value is -2.13. The van der Waals surface area contributed by atoms with Crippen molar-refractivity contribution in [2.75, 3.05) is 6.54 Å². The molecule has 0 spiro atoms. The van der Waals surface area contributed by atoms with E-state index in [-0.39, 0.29) is 0 Å². The summed E-state index contributed by atoms with van der Waals surface area (Å²) in [6.07, 6.45) is 2.80. The third-order valence-corrected chi connectivity index (χ3v) is 3.25. The van der Waals surface area contributed by atoms with E-state index in [1.807, 2.05) is 0 Å². The number of fused-ring (bicyclic) bond motifs is 1. The van der Waals surface area contributed by atoms with E-state index in [2.05, 4.69) is 63.8 Å². The smallest absolute Gasteiger partial charge is 0.0931 e. The van der Waals surface area contributed by atoms with Crippen LogP contribution >= 0.6 is 0 Å². The number of aromatic nitrogens is 2. The Morgan fingerprint density at radius 1 is 1.00 bits per heavy atom. The van der Waals surface area contributed by atoms with Crippen molar-refractivity contribution in [1.29, 1.82) is 0 Å². The Balaban J connectivity index is 1.52. The molecule has 3 heteroatoms. The van der Waals surface area contributed by atoms with Gasteiger partial charge in [-0.05, 0) is 36.2 Å². The molecular weight excluding hydrogens is 234 g/mol. The van der Waals surface area contributed by atoms with Crippen LogP contribution in [0.5, 0.6) is 0 Å². The molecule has 0 amide bonds. The molecule has 0 aliphatic carbocycles. The highest BCUT2D eigenvalue weighted by Crippen LogP contribution is 2.11. The topological polar surface area (TPSA) is 40.7 Å². The van der Waals surface area contributed by atoms with E-state index in [0.717, 1.165) is 30.5 Å². The van der Waals surface area contributed by atoms with Crippen molar-refractivity contribution >= 4 is 11.0 Å². The number of hydrogen-bond acceptors (Lipinski definition) is 2. The van der Waals surface area contributed by atoms with Gasteiger partial charge < -0.3 is 10.3 Å². The second-order valence-corrected chi connectivity index (χ2v) is 4.67. The van der Waals surface area contributed by atoms with Crippen molar-refractivity contribution in [3.63, 3.8) is 0 Å². The zero-order valence-corrected chi connectivity index (χ0v) is 10.8. The van der Waals surface area contributed by atoms with Gasteiger partial charge in [0.05, 0.1) is 17.4 Å². The minimum atomic E-state index is 0.891. The lowest BCUT2D eigenvalue weighted by atomic mass is 10.1. The molecule has 96 valence electrons. The predicted octanol–water partition coefficient (Wildman–Crippen LogP) is 2.90. The van der Waals surface area contributed by atoms with Crippen LogP contribution in [0.25, 0.3) is 11.0 Å². The first-order valence-electron chi connectivity index (χ1n) is 6.58. The van der Waals surface area contributed by atoms with Gasteiger partial charge in [-0.2, -0.15) is 0 Å². The number of rotatable bonds is 5. The predicted molar refractivity (Wildman–Crippen MR) is 77.9 cm³/mol. The molecule has 2 N–H and O–H groups in total. The van der Waals surface area contributed by atoms with E-state index < -0.39 is 0 Å². The zero-order chi connectivity index (χ0) is 12.9. The highest BCUT2D eigenvalue weighted by Gasteiger charge is 1.98. The van der Waals surface area contributed by atoms with Crippen LogP contribution in [0.3, 0.4) is 0 Å². The van der Waals surface area contributed by atoms with Crippen LogP contribution in [0.1, 0.15) is 11.1 Å². The number of imidazole rings is 1.